The Kier molecular flexibility index (Phi) is 6.61. The normalized spacial score (nSPS) is 16.0. The molecule has 1 aliphatic heterocycles. The van der Waals surface area contributed by atoms with Crippen LogP contribution in [0, 0.1) is 5.92 Å². The molecular weight excluding hydrogens is 422 g/mol. The molecule has 0 spiro atoms. The second kappa shape index (κ2) is 9.17. The number of carbonyl (C=O) groups is 2. The van der Waals surface area contributed by atoms with Crippen molar-refractivity contribution in [3.05, 3.63) is 41.4 Å². The summed E-state index contributed by atoms with van der Waals surface area (Å²) in [6, 6.07) is 8.98. The van der Waals surface area contributed by atoms with Crippen molar-refractivity contribution in [1.82, 2.24) is 0 Å². The van der Waals surface area contributed by atoms with Crippen LogP contribution in [0.15, 0.2) is 36.4 Å². The maximum Gasteiger partial charge on any atom is 0.387 e. The number of halogens is 3. The van der Waals surface area contributed by atoms with Gasteiger partial charge in [-0.25, -0.2) is 0 Å². The SMILES string of the molecule is COc1ccc(OC)c(N2CC(C(=O)Nc3ccc(OC(F)F)c(Cl)c3)CC2=O)c1. The van der Waals surface area contributed by atoms with Gasteiger partial charge in [0.2, 0.25) is 11.8 Å². The third-order valence-corrected chi connectivity index (χ3v) is 4.88. The second-order valence-corrected chi connectivity index (χ2v) is 6.86. The molecule has 30 heavy (non-hydrogen) atoms. The van der Waals surface area contributed by atoms with Gasteiger partial charge in [-0.15, -0.1) is 0 Å². The molecule has 0 saturated carbocycles. The number of ether oxygens (including phenoxy) is 3. The summed E-state index contributed by atoms with van der Waals surface area (Å²) in [5, 5.41) is 2.58. The van der Waals surface area contributed by atoms with Crippen molar-refractivity contribution in [2.24, 2.45) is 5.92 Å². The van der Waals surface area contributed by atoms with Gasteiger partial charge in [0.05, 0.1) is 30.8 Å². The molecule has 1 N–H and O–H groups in total. The van der Waals surface area contributed by atoms with Crippen molar-refractivity contribution in [2.75, 3.05) is 31.0 Å². The number of rotatable bonds is 7. The van der Waals surface area contributed by atoms with Crippen molar-refractivity contribution in [3.8, 4) is 17.2 Å². The first-order valence-corrected chi connectivity index (χ1v) is 9.27. The van der Waals surface area contributed by atoms with E-state index >= 15 is 0 Å². The predicted octanol–water partition coefficient (Wildman–Crippen LogP) is 3.95. The van der Waals surface area contributed by atoms with Crippen LogP contribution in [0.2, 0.25) is 5.02 Å². The van der Waals surface area contributed by atoms with Crippen molar-refractivity contribution < 1.29 is 32.6 Å². The van der Waals surface area contributed by atoms with Gasteiger partial charge in [-0.3, -0.25) is 9.59 Å². The highest BCUT2D eigenvalue weighted by Crippen LogP contribution is 2.36. The molecule has 2 amide bonds. The first-order chi connectivity index (χ1) is 14.3. The number of anilines is 2. The largest absolute Gasteiger partial charge is 0.497 e. The van der Waals surface area contributed by atoms with Gasteiger partial charge in [0, 0.05) is 24.7 Å². The molecule has 0 aliphatic carbocycles. The summed E-state index contributed by atoms with van der Waals surface area (Å²) < 4.78 is 39.4. The molecule has 1 aliphatic rings. The van der Waals surface area contributed by atoms with Crippen LogP contribution >= 0.6 is 11.6 Å². The van der Waals surface area contributed by atoms with E-state index < -0.39 is 18.4 Å². The topological polar surface area (TPSA) is 77.1 Å². The molecule has 1 unspecified atom stereocenters. The number of hydrogen-bond acceptors (Lipinski definition) is 5. The Balaban J connectivity index is 1.72. The molecule has 0 aromatic heterocycles. The minimum atomic E-state index is -3.01. The van der Waals surface area contributed by atoms with E-state index in [1.54, 1.807) is 18.2 Å². The van der Waals surface area contributed by atoms with Gasteiger partial charge < -0.3 is 24.4 Å². The van der Waals surface area contributed by atoms with Crippen molar-refractivity contribution in [2.45, 2.75) is 13.0 Å². The Bertz CT molecular complexity index is 957. The van der Waals surface area contributed by atoms with Gasteiger partial charge in [0.15, 0.2) is 0 Å². The Morgan fingerprint density at radius 3 is 2.53 bits per heavy atom. The molecular formula is C20H19ClF2N2O5. The molecule has 10 heteroatoms. The van der Waals surface area contributed by atoms with Crippen molar-refractivity contribution in [1.29, 1.82) is 0 Å². The smallest absolute Gasteiger partial charge is 0.387 e. The third-order valence-electron chi connectivity index (χ3n) is 4.59. The highest BCUT2D eigenvalue weighted by atomic mass is 35.5. The van der Waals surface area contributed by atoms with Crippen LogP contribution in [0.3, 0.4) is 0 Å². The molecule has 7 nitrogen and oxygen atoms in total. The quantitative estimate of drug-likeness (QED) is 0.705. The van der Waals surface area contributed by atoms with Crippen LogP contribution in [-0.4, -0.2) is 39.2 Å². The first-order valence-electron chi connectivity index (χ1n) is 8.90. The summed E-state index contributed by atoms with van der Waals surface area (Å²) in [6.07, 6.45) is 0.00646. The van der Waals surface area contributed by atoms with Crippen LogP contribution in [0.25, 0.3) is 0 Å². The number of carbonyl (C=O) groups excluding carboxylic acids is 2. The fourth-order valence-electron chi connectivity index (χ4n) is 3.14. The van der Waals surface area contributed by atoms with E-state index in [2.05, 4.69) is 10.1 Å². The molecule has 2 aromatic carbocycles. The molecule has 1 saturated heterocycles. The first kappa shape index (κ1) is 21.6. The average Bonchev–Trinajstić information content (AvgIpc) is 3.11. The maximum absolute atomic E-state index is 12.6. The Morgan fingerprint density at radius 1 is 1.17 bits per heavy atom. The maximum atomic E-state index is 12.6. The summed E-state index contributed by atoms with van der Waals surface area (Å²) in [5.41, 5.74) is 0.810. The number of methoxy groups -OCH3 is 2. The third kappa shape index (κ3) is 4.73. The molecule has 160 valence electrons. The summed E-state index contributed by atoms with van der Waals surface area (Å²) >= 11 is 5.91. The summed E-state index contributed by atoms with van der Waals surface area (Å²) in [4.78, 5) is 26.7. The Hall–Kier alpha value is -3.07. The van der Waals surface area contributed by atoms with E-state index in [1.807, 2.05) is 0 Å². The highest BCUT2D eigenvalue weighted by molar-refractivity contribution is 6.32. The molecule has 1 fully saturated rings. The van der Waals surface area contributed by atoms with E-state index in [-0.39, 0.29) is 29.6 Å². The van der Waals surface area contributed by atoms with Crippen LogP contribution in [0.5, 0.6) is 17.2 Å². The number of benzene rings is 2. The van der Waals surface area contributed by atoms with Gasteiger partial charge in [-0.2, -0.15) is 8.78 Å². The highest BCUT2D eigenvalue weighted by Gasteiger charge is 2.36. The Morgan fingerprint density at radius 2 is 1.90 bits per heavy atom. The number of alkyl halides is 2. The van der Waals surface area contributed by atoms with Crippen LogP contribution in [0.1, 0.15) is 6.42 Å². The van der Waals surface area contributed by atoms with Gasteiger partial charge in [-0.1, -0.05) is 11.6 Å². The van der Waals surface area contributed by atoms with Crippen LogP contribution < -0.4 is 24.4 Å². The molecule has 1 heterocycles. The fraction of sp³-hybridized carbons (Fsp3) is 0.300. The summed E-state index contributed by atoms with van der Waals surface area (Å²) in [6.45, 7) is -2.86. The number of nitrogens with zero attached hydrogens (tertiary/aromatic N) is 1. The summed E-state index contributed by atoms with van der Waals surface area (Å²) in [5.74, 6) is -0.424. The van der Waals surface area contributed by atoms with Gasteiger partial charge in [0.25, 0.3) is 0 Å². The monoisotopic (exact) mass is 440 g/mol. The fourth-order valence-corrected chi connectivity index (χ4v) is 3.36. The average molecular weight is 441 g/mol. The van der Waals surface area contributed by atoms with Gasteiger partial charge >= 0.3 is 6.61 Å². The predicted molar refractivity (Wildman–Crippen MR) is 107 cm³/mol. The van der Waals surface area contributed by atoms with Crippen molar-refractivity contribution in [3.63, 3.8) is 0 Å². The molecule has 3 rings (SSSR count). The van der Waals surface area contributed by atoms with E-state index in [4.69, 9.17) is 21.1 Å². The summed E-state index contributed by atoms with van der Waals surface area (Å²) in [7, 11) is 3.00. The zero-order valence-electron chi connectivity index (χ0n) is 16.2. The zero-order valence-corrected chi connectivity index (χ0v) is 16.9. The van der Waals surface area contributed by atoms with Crippen LogP contribution in [-0.2, 0) is 9.59 Å². The molecule has 2 aromatic rings. The number of nitrogens with one attached hydrogen (secondary N) is 1. The van der Waals surface area contributed by atoms with Gasteiger partial charge in [-0.05, 0) is 30.3 Å². The van der Waals surface area contributed by atoms with Crippen LogP contribution in [0.4, 0.5) is 20.2 Å². The zero-order chi connectivity index (χ0) is 21.8. The number of amides is 2. The lowest BCUT2D eigenvalue weighted by atomic mass is 10.1. The molecule has 1 atom stereocenters. The van der Waals surface area contributed by atoms with E-state index in [9.17, 15) is 18.4 Å². The lowest BCUT2D eigenvalue weighted by molar-refractivity contribution is -0.122. The van der Waals surface area contributed by atoms with E-state index in [1.165, 1.54) is 37.3 Å². The minimum Gasteiger partial charge on any atom is -0.497 e. The Labute approximate surface area is 176 Å². The molecule has 0 radical (unpaired) electrons. The van der Waals surface area contributed by atoms with E-state index in [0.717, 1.165) is 0 Å². The van der Waals surface area contributed by atoms with Gasteiger partial charge in [0.1, 0.15) is 17.2 Å². The second-order valence-electron chi connectivity index (χ2n) is 6.46. The number of hydrogen-bond donors (Lipinski definition) is 1. The lowest BCUT2D eigenvalue weighted by Crippen LogP contribution is -2.28. The molecule has 0 bridgehead atoms. The standard InChI is InChI=1S/C20H19ClF2N2O5/c1-28-13-4-6-17(29-2)15(9-13)25-10-11(7-18(25)26)19(27)24-12-3-5-16(14(21)8-12)30-20(22)23/h3-6,8-9,11,20H,7,10H2,1-2H3,(H,24,27). The van der Waals surface area contributed by atoms with Crippen molar-refractivity contribution >= 4 is 34.8 Å². The minimum absolute atomic E-state index is 0.00646. The lowest BCUT2D eigenvalue weighted by Gasteiger charge is -2.20. The van der Waals surface area contributed by atoms with E-state index in [0.29, 0.717) is 22.9 Å².